The van der Waals surface area contributed by atoms with Gasteiger partial charge in [-0.05, 0) is 33.6 Å². The van der Waals surface area contributed by atoms with Crippen LogP contribution in [0.4, 0.5) is 5.82 Å². The van der Waals surface area contributed by atoms with E-state index in [9.17, 15) is 9.90 Å². The first kappa shape index (κ1) is 14.6. The van der Waals surface area contributed by atoms with Gasteiger partial charge in [-0.15, -0.1) is 0 Å². The molecule has 0 unspecified atom stereocenters. The van der Waals surface area contributed by atoms with Gasteiger partial charge in [-0.3, -0.25) is 4.79 Å². The summed E-state index contributed by atoms with van der Waals surface area (Å²) in [6.45, 7) is 7.06. The molecule has 110 valence electrons. The smallest absolute Gasteiger partial charge is 0.309 e. The molecule has 1 aromatic rings. The number of hydrogen-bond donors (Lipinski definition) is 1. The van der Waals surface area contributed by atoms with Gasteiger partial charge in [0.15, 0.2) is 0 Å². The highest BCUT2D eigenvalue weighted by atomic mass is 16.5. The normalized spacial score (nSPS) is 18.1. The van der Waals surface area contributed by atoms with Crippen molar-refractivity contribution in [1.29, 1.82) is 0 Å². The van der Waals surface area contributed by atoms with E-state index in [0.29, 0.717) is 31.8 Å². The molecule has 1 fully saturated rings. The van der Waals surface area contributed by atoms with E-state index in [-0.39, 0.29) is 6.10 Å². The van der Waals surface area contributed by atoms with Crippen molar-refractivity contribution in [2.24, 2.45) is 5.41 Å². The molecule has 6 heteroatoms. The highest BCUT2D eigenvalue weighted by molar-refractivity contribution is 5.74. The molecular weight excluding hydrogens is 258 g/mol. The van der Waals surface area contributed by atoms with Crippen LogP contribution in [0.2, 0.25) is 0 Å². The Hall–Kier alpha value is -1.85. The van der Waals surface area contributed by atoms with Crippen LogP contribution in [0.1, 0.15) is 33.6 Å². The van der Waals surface area contributed by atoms with Gasteiger partial charge in [0, 0.05) is 19.2 Å². The second-order valence-corrected chi connectivity index (χ2v) is 5.73. The number of nitrogens with zero attached hydrogens (tertiary/aromatic N) is 3. The summed E-state index contributed by atoms with van der Waals surface area (Å²) in [5.74, 6) is 0.628. The van der Waals surface area contributed by atoms with Gasteiger partial charge in [0.1, 0.15) is 12.1 Å². The molecule has 2 heterocycles. The number of rotatable bonds is 4. The summed E-state index contributed by atoms with van der Waals surface area (Å²) < 4.78 is 5.55. The largest absolute Gasteiger partial charge is 0.481 e. The second-order valence-electron chi connectivity index (χ2n) is 5.73. The van der Waals surface area contributed by atoms with E-state index in [1.54, 1.807) is 6.92 Å². The Bertz CT molecular complexity index is 482. The van der Waals surface area contributed by atoms with Gasteiger partial charge >= 0.3 is 5.97 Å². The van der Waals surface area contributed by atoms with Crippen LogP contribution in [0.25, 0.3) is 0 Å². The zero-order valence-corrected chi connectivity index (χ0v) is 12.2. The minimum atomic E-state index is -0.719. The lowest BCUT2D eigenvalue weighted by atomic mass is 9.80. The maximum absolute atomic E-state index is 11.2. The lowest BCUT2D eigenvalue weighted by molar-refractivity contribution is -0.149. The average Bonchev–Trinajstić information content (AvgIpc) is 2.39. The molecule has 0 bridgehead atoms. The number of carboxylic acid groups (broad SMARTS) is 1. The highest BCUT2D eigenvalue weighted by Gasteiger charge is 2.37. The molecule has 1 aromatic heterocycles. The zero-order chi connectivity index (χ0) is 14.8. The standard InChI is InChI=1S/C14H21N3O3/c1-10(2)20-12-8-11(15-9-16-12)17-6-4-14(3,5-7-17)13(18)19/h8-10H,4-7H2,1-3H3,(H,18,19). The van der Waals surface area contributed by atoms with Crippen molar-refractivity contribution in [2.75, 3.05) is 18.0 Å². The van der Waals surface area contributed by atoms with E-state index in [1.165, 1.54) is 6.33 Å². The Morgan fingerprint density at radius 3 is 2.60 bits per heavy atom. The van der Waals surface area contributed by atoms with Gasteiger partial charge in [-0.25, -0.2) is 9.97 Å². The van der Waals surface area contributed by atoms with Crippen molar-refractivity contribution in [3.8, 4) is 5.88 Å². The molecule has 6 nitrogen and oxygen atoms in total. The number of aromatic nitrogens is 2. The van der Waals surface area contributed by atoms with Gasteiger partial charge in [-0.2, -0.15) is 0 Å². The van der Waals surface area contributed by atoms with Crippen molar-refractivity contribution in [1.82, 2.24) is 9.97 Å². The van der Waals surface area contributed by atoms with Crippen LogP contribution in [0.15, 0.2) is 12.4 Å². The van der Waals surface area contributed by atoms with E-state index in [2.05, 4.69) is 14.9 Å². The molecule has 0 atom stereocenters. The van der Waals surface area contributed by atoms with Crippen molar-refractivity contribution >= 4 is 11.8 Å². The second kappa shape index (κ2) is 5.64. The quantitative estimate of drug-likeness (QED) is 0.908. The van der Waals surface area contributed by atoms with E-state index in [1.807, 2.05) is 19.9 Å². The molecule has 0 amide bonds. The third-order valence-corrected chi connectivity index (χ3v) is 3.69. The predicted octanol–water partition coefficient (Wildman–Crippen LogP) is 1.95. The molecule has 0 radical (unpaired) electrons. The van der Waals surface area contributed by atoms with Crippen LogP contribution in [0, 0.1) is 5.41 Å². The van der Waals surface area contributed by atoms with Crippen LogP contribution < -0.4 is 9.64 Å². The fourth-order valence-corrected chi connectivity index (χ4v) is 2.25. The van der Waals surface area contributed by atoms with Crippen LogP contribution >= 0.6 is 0 Å². The molecule has 1 N–H and O–H groups in total. The summed E-state index contributed by atoms with van der Waals surface area (Å²) in [5, 5.41) is 9.23. The number of piperidine rings is 1. The van der Waals surface area contributed by atoms with Crippen molar-refractivity contribution in [2.45, 2.75) is 39.7 Å². The first-order valence-electron chi connectivity index (χ1n) is 6.88. The molecule has 1 aliphatic rings. The Labute approximate surface area is 118 Å². The molecule has 0 aliphatic carbocycles. The highest BCUT2D eigenvalue weighted by Crippen LogP contribution is 2.33. The lowest BCUT2D eigenvalue weighted by Crippen LogP contribution is -2.43. The monoisotopic (exact) mass is 279 g/mol. The van der Waals surface area contributed by atoms with Gasteiger partial charge in [0.25, 0.3) is 0 Å². The third kappa shape index (κ3) is 3.18. The van der Waals surface area contributed by atoms with Gasteiger partial charge in [-0.1, -0.05) is 0 Å². The summed E-state index contributed by atoms with van der Waals surface area (Å²) >= 11 is 0. The van der Waals surface area contributed by atoms with E-state index >= 15 is 0 Å². The maximum atomic E-state index is 11.2. The minimum absolute atomic E-state index is 0.0643. The number of aliphatic carboxylic acids is 1. The molecule has 1 saturated heterocycles. The topological polar surface area (TPSA) is 75.5 Å². The first-order valence-corrected chi connectivity index (χ1v) is 6.88. The van der Waals surface area contributed by atoms with Crippen molar-refractivity contribution in [3.05, 3.63) is 12.4 Å². The summed E-state index contributed by atoms with van der Waals surface area (Å²) in [5.41, 5.74) is -0.624. The predicted molar refractivity (Wildman–Crippen MR) is 75.0 cm³/mol. The van der Waals surface area contributed by atoms with E-state index in [0.717, 1.165) is 5.82 Å². The molecule has 0 saturated carbocycles. The number of carboxylic acids is 1. The van der Waals surface area contributed by atoms with Crippen LogP contribution in [0.3, 0.4) is 0 Å². The molecule has 0 spiro atoms. The summed E-state index contributed by atoms with van der Waals surface area (Å²) in [6, 6.07) is 1.81. The van der Waals surface area contributed by atoms with Crippen LogP contribution in [-0.4, -0.2) is 40.2 Å². The van der Waals surface area contributed by atoms with Crippen LogP contribution in [-0.2, 0) is 4.79 Å². The molecule has 1 aliphatic heterocycles. The van der Waals surface area contributed by atoms with Gasteiger partial charge in [0.05, 0.1) is 11.5 Å². The Morgan fingerprint density at radius 1 is 1.40 bits per heavy atom. The maximum Gasteiger partial charge on any atom is 0.309 e. The molecule has 20 heavy (non-hydrogen) atoms. The summed E-state index contributed by atoms with van der Waals surface area (Å²) in [7, 11) is 0. The number of anilines is 1. The molecule has 0 aromatic carbocycles. The third-order valence-electron chi connectivity index (χ3n) is 3.69. The first-order chi connectivity index (χ1) is 9.40. The fraction of sp³-hybridized carbons (Fsp3) is 0.643. The molecule has 2 rings (SSSR count). The van der Waals surface area contributed by atoms with E-state index in [4.69, 9.17) is 4.74 Å². The van der Waals surface area contributed by atoms with Gasteiger partial charge < -0.3 is 14.7 Å². The van der Waals surface area contributed by atoms with Crippen molar-refractivity contribution < 1.29 is 14.6 Å². The Kier molecular flexibility index (Phi) is 4.11. The van der Waals surface area contributed by atoms with Crippen molar-refractivity contribution in [3.63, 3.8) is 0 Å². The Morgan fingerprint density at radius 2 is 2.05 bits per heavy atom. The minimum Gasteiger partial charge on any atom is -0.481 e. The molecular formula is C14H21N3O3. The zero-order valence-electron chi connectivity index (χ0n) is 12.2. The number of carbonyl (C=O) groups is 1. The van der Waals surface area contributed by atoms with Gasteiger partial charge in [0.2, 0.25) is 5.88 Å². The van der Waals surface area contributed by atoms with Crippen LogP contribution in [0.5, 0.6) is 5.88 Å². The summed E-state index contributed by atoms with van der Waals surface area (Å²) in [6.07, 6.45) is 2.78. The van der Waals surface area contributed by atoms with E-state index < -0.39 is 11.4 Å². The SMILES string of the molecule is CC(C)Oc1cc(N2CCC(C)(C(=O)O)CC2)ncn1. The lowest BCUT2D eigenvalue weighted by Gasteiger charge is -2.37. The average molecular weight is 279 g/mol. The fourth-order valence-electron chi connectivity index (χ4n) is 2.25. The summed E-state index contributed by atoms with van der Waals surface area (Å²) in [4.78, 5) is 21.6. The number of ether oxygens (including phenoxy) is 1. The number of hydrogen-bond acceptors (Lipinski definition) is 5. The Balaban J connectivity index is 2.05.